The molecule has 0 bridgehead atoms. The van der Waals surface area contributed by atoms with Crippen LogP contribution in [0.15, 0.2) is 24.3 Å². The molecule has 2 aromatic rings. The third kappa shape index (κ3) is 3.43. The number of piperidine rings is 1. The highest BCUT2D eigenvalue weighted by Gasteiger charge is 2.48. The third-order valence-corrected chi connectivity index (χ3v) is 8.04. The van der Waals surface area contributed by atoms with Crippen LogP contribution in [0.2, 0.25) is 0 Å². The molecule has 5 rings (SSSR count). The molecular weight excluding hydrogens is 398 g/mol. The van der Waals surface area contributed by atoms with Crippen molar-refractivity contribution in [3.63, 3.8) is 0 Å². The number of carbonyl (C=O) groups excluding carboxylic acids is 3. The molecule has 1 aromatic carbocycles. The monoisotopic (exact) mass is 425 g/mol. The van der Waals surface area contributed by atoms with E-state index in [1.165, 1.54) is 4.90 Å². The molecule has 158 valence electrons. The first-order chi connectivity index (χ1) is 14.6. The van der Waals surface area contributed by atoms with Gasteiger partial charge in [0.1, 0.15) is 5.01 Å². The van der Waals surface area contributed by atoms with Gasteiger partial charge in [0, 0.05) is 19.5 Å². The summed E-state index contributed by atoms with van der Waals surface area (Å²) in [5, 5.41) is 0.989. The van der Waals surface area contributed by atoms with E-state index in [1.54, 1.807) is 11.3 Å². The fourth-order valence-electron chi connectivity index (χ4n) is 5.32. The number of aromatic nitrogens is 1. The van der Waals surface area contributed by atoms with E-state index < -0.39 is 0 Å². The molecular formula is C23H27N3O3S. The Morgan fingerprint density at radius 2 is 1.70 bits per heavy atom. The van der Waals surface area contributed by atoms with Gasteiger partial charge in [-0.2, -0.15) is 0 Å². The summed E-state index contributed by atoms with van der Waals surface area (Å²) in [5.41, 5.74) is 0.978. The van der Waals surface area contributed by atoms with Crippen molar-refractivity contribution in [2.24, 2.45) is 11.8 Å². The second-order valence-electron chi connectivity index (χ2n) is 8.69. The Hall–Kier alpha value is -2.28. The van der Waals surface area contributed by atoms with Crippen molar-refractivity contribution in [3.8, 4) is 0 Å². The first-order valence-corrected chi connectivity index (χ1v) is 12.0. The van der Waals surface area contributed by atoms with Crippen LogP contribution < -0.4 is 0 Å². The van der Waals surface area contributed by atoms with Gasteiger partial charge in [-0.05, 0) is 44.2 Å². The second-order valence-corrected chi connectivity index (χ2v) is 9.76. The number of thiazole rings is 1. The van der Waals surface area contributed by atoms with Gasteiger partial charge in [-0.1, -0.05) is 25.0 Å². The average Bonchev–Trinajstić information content (AvgIpc) is 3.32. The van der Waals surface area contributed by atoms with E-state index in [-0.39, 0.29) is 48.6 Å². The number of hydrogen-bond acceptors (Lipinski definition) is 5. The van der Waals surface area contributed by atoms with Gasteiger partial charge < -0.3 is 4.90 Å². The quantitative estimate of drug-likeness (QED) is 0.696. The number of fused-ring (bicyclic) bond motifs is 2. The lowest BCUT2D eigenvalue weighted by atomic mass is 9.81. The Morgan fingerprint density at radius 3 is 2.43 bits per heavy atom. The molecule has 1 aromatic heterocycles. The molecule has 3 heterocycles. The number of hydrogen-bond donors (Lipinski definition) is 0. The summed E-state index contributed by atoms with van der Waals surface area (Å²) in [6.45, 7) is 0.930. The second kappa shape index (κ2) is 8.10. The predicted molar refractivity (Wildman–Crippen MR) is 115 cm³/mol. The standard InChI is InChI=1S/C23H27N3O3S/c27-20(12-14-26-22(28)15-7-1-2-8-16(15)23(26)29)25-13-6-5-10-18(25)21-24-17-9-3-4-11-19(17)30-21/h3-4,9,11,15-16,18H,1-2,5-8,10,12-14H2/t15-,16-,18+/m1/s1. The zero-order chi connectivity index (χ0) is 20.7. The number of imide groups is 1. The van der Waals surface area contributed by atoms with E-state index in [1.807, 2.05) is 23.1 Å². The highest BCUT2D eigenvalue weighted by atomic mass is 32.1. The summed E-state index contributed by atoms with van der Waals surface area (Å²) >= 11 is 1.66. The first kappa shape index (κ1) is 19.7. The minimum Gasteiger partial charge on any atom is -0.333 e. The topological polar surface area (TPSA) is 70.6 Å². The molecule has 3 aliphatic rings. The molecule has 7 heteroatoms. The van der Waals surface area contributed by atoms with Gasteiger partial charge in [-0.25, -0.2) is 4.98 Å². The molecule has 0 radical (unpaired) electrons. The Kier molecular flexibility index (Phi) is 5.31. The Labute approximate surface area is 180 Å². The summed E-state index contributed by atoms with van der Waals surface area (Å²) in [6.07, 6.45) is 6.84. The number of amides is 3. The van der Waals surface area contributed by atoms with Crippen molar-refractivity contribution in [1.82, 2.24) is 14.8 Å². The average molecular weight is 426 g/mol. The van der Waals surface area contributed by atoms with Crippen LogP contribution in [0, 0.1) is 11.8 Å². The van der Waals surface area contributed by atoms with Crippen molar-refractivity contribution < 1.29 is 14.4 Å². The number of likely N-dealkylation sites (tertiary alicyclic amines) is 2. The summed E-state index contributed by atoms with van der Waals surface area (Å²) in [7, 11) is 0. The SMILES string of the molecule is O=C1[C@@H]2CCCC[C@H]2C(=O)N1CCC(=O)N1CCCC[C@H]1c1nc2ccccc2s1. The fraction of sp³-hybridized carbons (Fsp3) is 0.565. The maximum Gasteiger partial charge on any atom is 0.233 e. The molecule has 1 aliphatic carbocycles. The maximum atomic E-state index is 13.1. The van der Waals surface area contributed by atoms with Gasteiger partial charge in [0.05, 0.1) is 28.1 Å². The Bertz CT molecular complexity index is 930. The van der Waals surface area contributed by atoms with Crippen LogP contribution >= 0.6 is 11.3 Å². The largest absolute Gasteiger partial charge is 0.333 e. The Morgan fingerprint density at radius 1 is 1.00 bits per heavy atom. The van der Waals surface area contributed by atoms with Gasteiger partial charge in [0.25, 0.3) is 0 Å². The molecule has 2 aliphatic heterocycles. The maximum absolute atomic E-state index is 13.1. The molecule has 3 amide bonds. The zero-order valence-electron chi connectivity index (χ0n) is 17.1. The van der Waals surface area contributed by atoms with Gasteiger partial charge in [0.2, 0.25) is 17.7 Å². The summed E-state index contributed by atoms with van der Waals surface area (Å²) < 4.78 is 1.14. The number of carbonyl (C=O) groups is 3. The molecule has 0 spiro atoms. The number of rotatable bonds is 4. The van der Waals surface area contributed by atoms with Gasteiger partial charge in [0.15, 0.2) is 0 Å². The van der Waals surface area contributed by atoms with Crippen LogP contribution in [0.25, 0.3) is 10.2 Å². The van der Waals surface area contributed by atoms with E-state index in [0.717, 1.165) is 60.2 Å². The normalized spacial score (nSPS) is 27.0. The molecule has 0 unspecified atom stereocenters. The van der Waals surface area contributed by atoms with Crippen molar-refractivity contribution in [2.45, 2.75) is 57.4 Å². The van der Waals surface area contributed by atoms with Gasteiger partial charge >= 0.3 is 0 Å². The van der Waals surface area contributed by atoms with E-state index in [9.17, 15) is 14.4 Å². The highest BCUT2D eigenvalue weighted by Crippen LogP contribution is 2.39. The molecule has 1 saturated carbocycles. The summed E-state index contributed by atoms with van der Waals surface area (Å²) in [4.78, 5) is 46.6. The first-order valence-electron chi connectivity index (χ1n) is 11.1. The number of benzene rings is 1. The molecule has 0 N–H and O–H groups in total. The number of nitrogens with zero attached hydrogens (tertiary/aromatic N) is 3. The molecule has 30 heavy (non-hydrogen) atoms. The van der Waals surface area contributed by atoms with Crippen LogP contribution in [-0.2, 0) is 14.4 Å². The predicted octanol–water partition coefficient (Wildman–Crippen LogP) is 3.92. The van der Waals surface area contributed by atoms with Crippen molar-refractivity contribution in [1.29, 1.82) is 0 Å². The summed E-state index contributed by atoms with van der Waals surface area (Å²) in [6, 6.07) is 8.06. The molecule has 3 atom stereocenters. The smallest absolute Gasteiger partial charge is 0.233 e. The van der Waals surface area contributed by atoms with Crippen LogP contribution in [0.4, 0.5) is 0 Å². The van der Waals surface area contributed by atoms with Crippen LogP contribution in [-0.4, -0.2) is 45.6 Å². The lowest BCUT2D eigenvalue weighted by molar-refractivity contribution is -0.141. The van der Waals surface area contributed by atoms with Crippen molar-refractivity contribution in [2.75, 3.05) is 13.1 Å². The lowest BCUT2D eigenvalue weighted by Gasteiger charge is -2.35. The van der Waals surface area contributed by atoms with Gasteiger partial charge in [-0.15, -0.1) is 11.3 Å². The lowest BCUT2D eigenvalue weighted by Crippen LogP contribution is -2.41. The van der Waals surface area contributed by atoms with E-state index in [0.29, 0.717) is 6.54 Å². The van der Waals surface area contributed by atoms with E-state index >= 15 is 0 Å². The zero-order valence-corrected chi connectivity index (χ0v) is 17.9. The van der Waals surface area contributed by atoms with Crippen molar-refractivity contribution >= 4 is 39.3 Å². The highest BCUT2D eigenvalue weighted by molar-refractivity contribution is 7.18. The minimum absolute atomic E-state index is 0.00351. The summed E-state index contributed by atoms with van der Waals surface area (Å²) in [5.74, 6) is -0.383. The Balaban J connectivity index is 1.28. The number of para-hydroxylation sites is 1. The molecule has 3 fully saturated rings. The van der Waals surface area contributed by atoms with Crippen LogP contribution in [0.5, 0.6) is 0 Å². The fourth-order valence-corrected chi connectivity index (χ4v) is 6.44. The van der Waals surface area contributed by atoms with Crippen LogP contribution in [0.3, 0.4) is 0 Å². The molecule has 2 saturated heterocycles. The third-order valence-electron chi connectivity index (χ3n) is 6.90. The van der Waals surface area contributed by atoms with E-state index in [2.05, 4.69) is 6.07 Å². The van der Waals surface area contributed by atoms with Gasteiger partial charge in [-0.3, -0.25) is 19.3 Å². The molecule has 6 nitrogen and oxygen atoms in total. The van der Waals surface area contributed by atoms with Crippen molar-refractivity contribution in [3.05, 3.63) is 29.3 Å². The van der Waals surface area contributed by atoms with Crippen LogP contribution in [0.1, 0.15) is 62.4 Å². The minimum atomic E-state index is -0.146. The van der Waals surface area contributed by atoms with E-state index in [4.69, 9.17) is 4.98 Å².